The minimum Gasteiger partial charge on any atom is -0.293 e. The molecule has 0 radical (unpaired) electrons. The first-order chi connectivity index (χ1) is 8.13. The summed E-state index contributed by atoms with van der Waals surface area (Å²) in [5.41, 5.74) is 0. The number of halogens is 2. The van der Waals surface area contributed by atoms with Crippen molar-refractivity contribution in [3.05, 3.63) is 19.8 Å². The van der Waals surface area contributed by atoms with E-state index in [0.717, 1.165) is 27.6 Å². The van der Waals surface area contributed by atoms with Crippen molar-refractivity contribution in [1.82, 2.24) is 0 Å². The average molecular weight is 334 g/mol. The summed E-state index contributed by atoms with van der Waals surface area (Å²) < 4.78 is 1.53. The molecule has 0 N–H and O–H groups in total. The predicted octanol–water partition coefficient (Wildman–Crippen LogP) is 5.17. The Morgan fingerprint density at radius 1 is 1.47 bits per heavy atom. The summed E-state index contributed by atoms with van der Waals surface area (Å²) in [5, 5.41) is 0. The lowest BCUT2D eigenvalue weighted by Crippen LogP contribution is -2.14. The summed E-state index contributed by atoms with van der Waals surface area (Å²) in [5.74, 6) is 2.65. The van der Waals surface area contributed by atoms with Crippen molar-refractivity contribution >= 4 is 44.7 Å². The van der Waals surface area contributed by atoms with Gasteiger partial charge >= 0.3 is 0 Å². The molecular formula is C13H14BrClOS. The van der Waals surface area contributed by atoms with Gasteiger partial charge in [-0.15, -0.1) is 11.3 Å². The molecular weight excluding hydrogens is 320 g/mol. The van der Waals surface area contributed by atoms with Crippen molar-refractivity contribution < 1.29 is 4.79 Å². The van der Waals surface area contributed by atoms with Crippen LogP contribution >= 0.6 is 38.9 Å². The number of thiophene rings is 1. The van der Waals surface area contributed by atoms with Crippen molar-refractivity contribution in [3.63, 3.8) is 0 Å². The van der Waals surface area contributed by atoms with Crippen molar-refractivity contribution in [2.75, 3.05) is 0 Å². The maximum absolute atomic E-state index is 12.2. The van der Waals surface area contributed by atoms with Gasteiger partial charge in [0.25, 0.3) is 0 Å². The highest BCUT2D eigenvalue weighted by molar-refractivity contribution is 9.10. The normalized spacial score (nSPS) is 31.1. The van der Waals surface area contributed by atoms with Crippen LogP contribution in [0, 0.1) is 17.8 Å². The first-order valence-electron chi connectivity index (χ1n) is 6.11. The molecule has 3 rings (SSSR count). The molecule has 2 aliphatic carbocycles. The zero-order chi connectivity index (χ0) is 12.0. The molecule has 1 nitrogen and oxygen atoms in total. The van der Waals surface area contributed by atoms with Gasteiger partial charge in [-0.05, 0) is 59.0 Å². The molecule has 3 unspecified atom stereocenters. The third-order valence-electron chi connectivity index (χ3n) is 4.25. The van der Waals surface area contributed by atoms with Crippen LogP contribution in [0.1, 0.15) is 41.8 Å². The molecule has 92 valence electrons. The Labute approximate surface area is 119 Å². The van der Waals surface area contributed by atoms with Gasteiger partial charge < -0.3 is 0 Å². The highest BCUT2D eigenvalue weighted by atomic mass is 79.9. The Kier molecular flexibility index (Phi) is 3.35. The summed E-state index contributed by atoms with van der Waals surface area (Å²) in [6.45, 7) is 0. The van der Waals surface area contributed by atoms with Crippen LogP contribution in [-0.2, 0) is 0 Å². The molecule has 2 aliphatic rings. The molecule has 0 saturated heterocycles. The fourth-order valence-electron chi connectivity index (χ4n) is 3.45. The molecule has 0 aliphatic heterocycles. The van der Waals surface area contributed by atoms with Gasteiger partial charge in [0.15, 0.2) is 5.78 Å². The van der Waals surface area contributed by atoms with Gasteiger partial charge in [0.1, 0.15) is 4.34 Å². The molecule has 0 amide bonds. The molecule has 3 atom stereocenters. The van der Waals surface area contributed by atoms with Crippen LogP contribution in [0.5, 0.6) is 0 Å². The monoisotopic (exact) mass is 332 g/mol. The summed E-state index contributed by atoms with van der Waals surface area (Å²) >= 11 is 10.7. The molecule has 0 aromatic carbocycles. The summed E-state index contributed by atoms with van der Waals surface area (Å²) in [6.07, 6.45) is 6.11. The molecule has 2 fully saturated rings. The number of fused-ring (bicyclic) bond motifs is 2. The minimum absolute atomic E-state index is 0.278. The second-order valence-electron chi connectivity index (χ2n) is 5.29. The van der Waals surface area contributed by atoms with Gasteiger partial charge in [-0.2, -0.15) is 0 Å². The summed E-state index contributed by atoms with van der Waals surface area (Å²) in [4.78, 5) is 13.0. The zero-order valence-electron chi connectivity index (χ0n) is 9.42. The summed E-state index contributed by atoms with van der Waals surface area (Å²) in [7, 11) is 0. The van der Waals surface area contributed by atoms with Crippen LogP contribution in [0.25, 0.3) is 0 Å². The summed E-state index contributed by atoms with van der Waals surface area (Å²) in [6, 6.07) is 1.86. The maximum Gasteiger partial charge on any atom is 0.173 e. The van der Waals surface area contributed by atoms with Crippen LogP contribution in [0.2, 0.25) is 4.34 Å². The third-order valence-corrected chi connectivity index (χ3v) is 6.77. The lowest BCUT2D eigenvalue weighted by Gasteiger charge is -2.20. The predicted molar refractivity (Wildman–Crippen MR) is 74.9 cm³/mol. The van der Waals surface area contributed by atoms with E-state index in [-0.39, 0.29) is 5.78 Å². The van der Waals surface area contributed by atoms with Gasteiger partial charge in [0.05, 0.1) is 4.88 Å². The van der Waals surface area contributed by atoms with E-state index in [1.54, 1.807) is 0 Å². The number of hydrogen-bond acceptors (Lipinski definition) is 2. The zero-order valence-corrected chi connectivity index (χ0v) is 12.6. The SMILES string of the molecule is O=C(CC1CC2CCC1C2)c1cc(Br)c(Cl)s1. The number of carbonyl (C=O) groups is 1. The first-order valence-corrected chi connectivity index (χ1v) is 8.10. The quantitative estimate of drug-likeness (QED) is 0.697. The van der Waals surface area contributed by atoms with Gasteiger partial charge in [-0.25, -0.2) is 0 Å². The third kappa shape index (κ3) is 2.34. The second-order valence-corrected chi connectivity index (χ2v) is 7.80. The molecule has 0 spiro atoms. The lowest BCUT2D eigenvalue weighted by atomic mass is 9.85. The Balaban J connectivity index is 1.67. The van der Waals surface area contributed by atoms with Crippen LogP contribution < -0.4 is 0 Å². The van der Waals surface area contributed by atoms with Crippen LogP contribution in [0.3, 0.4) is 0 Å². The van der Waals surface area contributed by atoms with Crippen LogP contribution in [-0.4, -0.2) is 5.78 Å². The molecule has 17 heavy (non-hydrogen) atoms. The highest BCUT2D eigenvalue weighted by Gasteiger charge is 2.40. The van der Waals surface area contributed by atoms with E-state index < -0.39 is 0 Å². The van der Waals surface area contributed by atoms with Crippen molar-refractivity contribution in [3.8, 4) is 0 Å². The van der Waals surface area contributed by atoms with Gasteiger partial charge in [0.2, 0.25) is 0 Å². The lowest BCUT2D eigenvalue weighted by molar-refractivity contribution is 0.0948. The van der Waals surface area contributed by atoms with Crippen LogP contribution in [0.15, 0.2) is 10.5 Å². The fraction of sp³-hybridized carbons (Fsp3) is 0.615. The average Bonchev–Trinajstić information content (AvgIpc) is 2.95. The Morgan fingerprint density at radius 2 is 2.29 bits per heavy atom. The minimum atomic E-state index is 0.278. The number of hydrogen-bond donors (Lipinski definition) is 0. The standard InChI is InChI=1S/C13H14BrClOS/c14-10-6-12(17-13(10)15)11(16)5-9-4-7-1-2-8(9)3-7/h6-9H,1-5H2. The van der Waals surface area contributed by atoms with Crippen molar-refractivity contribution in [2.45, 2.75) is 32.1 Å². The smallest absolute Gasteiger partial charge is 0.173 e. The number of carbonyl (C=O) groups excluding carboxylic acids is 1. The first kappa shape index (κ1) is 12.2. The van der Waals surface area contributed by atoms with E-state index in [0.29, 0.717) is 10.3 Å². The topological polar surface area (TPSA) is 17.1 Å². The van der Waals surface area contributed by atoms with Crippen LogP contribution in [0.4, 0.5) is 0 Å². The van der Waals surface area contributed by atoms with Gasteiger partial charge in [-0.3, -0.25) is 4.79 Å². The van der Waals surface area contributed by atoms with Gasteiger partial charge in [-0.1, -0.05) is 18.0 Å². The molecule has 1 aromatic rings. The Bertz CT molecular complexity index is 437. The molecule has 1 aromatic heterocycles. The van der Waals surface area contributed by atoms with E-state index >= 15 is 0 Å². The van der Waals surface area contributed by atoms with E-state index in [9.17, 15) is 4.79 Å². The van der Waals surface area contributed by atoms with E-state index in [1.165, 1.54) is 37.0 Å². The van der Waals surface area contributed by atoms with Crippen molar-refractivity contribution in [1.29, 1.82) is 0 Å². The Hall–Kier alpha value is 0.140. The molecule has 2 saturated carbocycles. The van der Waals surface area contributed by atoms with Gasteiger partial charge in [0, 0.05) is 10.9 Å². The largest absolute Gasteiger partial charge is 0.293 e. The second kappa shape index (κ2) is 4.67. The highest BCUT2D eigenvalue weighted by Crippen LogP contribution is 2.50. The number of rotatable bonds is 3. The van der Waals surface area contributed by atoms with Crippen molar-refractivity contribution in [2.24, 2.45) is 17.8 Å². The molecule has 1 heterocycles. The number of Topliss-reactive ketones (excluding diaryl/α,β-unsaturated/α-hetero) is 1. The molecule has 4 heteroatoms. The van der Waals surface area contributed by atoms with E-state index in [1.807, 2.05) is 6.07 Å². The molecule has 2 bridgehead atoms. The fourth-order valence-corrected chi connectivity index (χ4v) is 5.10. The van der Waals surface area contributed by atoms with E-state index in [4.69, 9.17) is 11.6 Å². The maximum atomic E-state index is 12.2. The number of ketones is 1. The van der Waals surface area contributed by atoms with E-state index in [2.05, 4.69) is 15.9 Å². The Morgan fingerprint density at radius 3 is 2.82 bits per heavy atom.